The Kier molecular flexibility index (Phi) is 6.46. The number of carbonyl (C=O) groups excluding carboxylic acids is 3. The van der Waals surface area contributed by atoms with Crippen LogP contribution in [-0.4, -0.2) is 42.3 Å². The van der Waals surface area contributed by atoms with Crippen LogP contribution in [0.2, 0.25) is 0 Å². The summed E-state index contributed by atoms with van der Waals surface area (Å²) in [5.74, 6) is 0.458. The van der Waals surface area contributed by atoms with Gasteiger partial charge in [-0.2, -0.15) is 0 Å². The van der Waals surface area contributed by atoms with Crippen molar-refractivity contribution in [1.82, 2.24) is 10.2 Å². The maximum atomic E-state index is 13.5. The van der Waals surface area contributed by atoms with Gasteiger partial charge in [-0.25, -0.2) is 0 Å². The maximum Gasteiger partial charge on any atom is 0.256 e. The number of nitrogens with one attached hydrogen (secondary N) is 1. The number of fused-ring (bicyclic) bond motifs is 2. The number of ether oxygens (including phenoxy) is 1. The van der Waals surface area contributed by atoms with E-state index in [0.29, 0.717) is 36.3 Å². The fourth-order valence-corrected chi connectivity index (χ4v) is 4.97. The zero-order valence-electron chi connectivity index (χ0n) is 20.4. The quantitative estimate of drug-likeness (QED) is 0.566. The summed E-state index contributed by atoms with van der Waals surface area (Å²) < 4.78 is 5.19. The van der Waals surface area contributed by atoms with Crippen molar-refractivity contribution in [3.8, 4) is 5.75 Å². The third kappa shape index (κ3) is 4.44. The second kappa shape index (κ2) is 9.85. The Morgan fingerprint density at radius 3 is 2.47 bits per heavy atom. The Morgan fingerprint density at radius 1 is 1.03 bits per heavy atom. The highest BCUT2D eigenvalue weighted by atomic mass is 16.5. The first kappa shape index (κ1) is 23.6. The molecule has 1 fully saturated rings. The Bertz CT molecular complexity index is 1290. The summed E-state index contributed by atoms with van der Waals surface area (Å²) >= 11 is 0. The molecular formula is C29H29N3O4. The van der Waals surface area contributed by atoms with Gasteiger partial charge < -0.3 is 19.9 Å². The van der Waals surface area contributed by atoms with Gasteiger partial charge in [0.1, 0.15) is 11.8 Å². The zero-order chi connectivity index (χ0) is 25.2. The van der Waals surface area contributed by atoms with Crippen molar-refractivity contribution in [3.05, 3.63) is 95.1 Å². The van der Waals surface area contributed by atoms with E-state index in [-0.39, 0.29) is 23.8 Å². The van der Waals surface area contributed by atoms with E-state index in [1.165, 1.54) is 0 Å². The standard InChI is InChI=1S/C29H29N3O4/c1-19(21-13-15-23(36-2)16-14-21)30-27(33)22-11-9-20(10-12-22)18-32-25-7-4-3-6-24(25)28(34)31-17-5-8-26(31)29(32)35/h3-4,6-7,9-16,19,26H,5,8,17-18H2,1-2H3,(H,30,33)/t19-,26-/m0/s1. The fourth-order valence-electron chi connectivity index (χ4n) is 4.97. The van der Waals surface area contributed by atoms with Crippen molar-refractivity contribution < 1.29 is 19.1 Å². The summed E-state index contributed by atoms with van der Waals surface area (Å²) in [4.78, 5) is 42.8. The second-order valence-electron chi connectivity index (χ2n) is 9.26. The number of para-hydroxylation sites is 1. The van der Waals surface area contributed by atoms with E-state index < -0.39 is 6.04 Å². The molecule has 0 bridgehead atoms. The molecule has 5 rings (SSSR count). The molecule has 7 nitrogen and oxygen atoms in total. The van der Waals surface area contributed by atoms with E-state index in [9.17, 15) is 14.4 Å². The van der Waals surface area contributed by atoms with Gasteiger partial charge in [0.15, 0.2) is 0 Å². The Labute approximate surface area is 210 Å². The van der Waals surface area contributed by atoms with E-state index in [2.05, 4.69) is 5.32 Å². The third-order valence-corrected chi connectivity index (χ3v) is 7.01. The Balaban J connectivity index is 1.32. The summed E-state index contributed by atoms with van der Waals surface area (Å²) in [5, 5.41) is 3.02. The van der Waals surface area contributed by atoms with E-state index >= 15 is 0 Å². The molecule has 0 unspecified atom stereocenters. The molecule has 0 radical (unpaired) electrons. The number of amides is 3. The number of rotatable bonds is 6. The average molecular weight is 484 g/mol. The maximum absolute atomic E-state index is 13.5. The first-order chi connectivity index (χ1) is 17.5. The number of hydrogen-bond acceptors (Lipinski definition) is 4. The number of hydrogen-bond donors (Lipinski definition) is 1. The van der Waals surface area contributed by atoms with Crippen molar-refractivity contribution in [3.63, 3.8) is 0 Å². The second-order valence-corrected chi connectivity index (χ2v) is 9.26. The largest absolute Gasteiger partial charge is 0.497 e. The van der Waals surface area contributed by atoms with Crippen molar-refractivity contribution in [2.45, 2.75) is 38.4 Å². The summed E-state index contributed by atoms with van der Waals surface area (Å²) in [5.41, 5.74) is 3.60. The minimum absolute atomic E-state index is 0.0547. The number of benzene rings is 3. The van der Waals surface area contributed by atoms with Crippen LogP contribution in [0, 0.1) is 0 Å². The van der Waals surface area contributed by atoms with Crippen LogP contribution in [0.25, 0.3) is 0 Å². The third-order valence-electron chi connectivity index (χ3n) is 7.01. The van der Waals surface area contributed by atoms with E-state index in [1.54, 1.807) is 35.1 Å². The van der Waals surface area contributed by atoms with Crippen LogP contribution in [0.3, 0.4) is 0 Å². The van der Waals surface area contributed by atoms with Crippen molar-refractivity contribution in [2.75, 3.05) is 18.6 Å². The summed E-state index contributed by atoms with van der Waals surface area (Å²) in [7, 11) is 1.62. The van der Waals surface area contributed by atoms with Gasteiger partial charge in [0.25, 0.3) is 11.8 Å². The van der Waals surface area contributed by atoms with Gasteiger partial charge in [-0.1, -0.05) is 36.4 Å². The molecule has 1 N–H and O–H groups in total. The summed E-state index contributed by atoms with van der Waals surface area (Å²) in [6, 6.07) is 21.6. The highest BCUT2D eigenvalue weighted by molar-refractivity contribution is 6.11. The van der Waals surface area contributed by atoms with Crippen molar-refractivity contribution in [2.24, 2.45) is 0 Å². The van der Waals surface area contributed by atoms with Crippen LogP contribution in [0.1, 0.15) is 57.7 Å². The van der Waals surface area contributed by atoms with Crippen LogP contribution in [0.5, 0.6) is 5.75 Å². The molecule has 0 aliphatic carbocycles. The molecule has 3 amide bonds. The molecule has 2 aliphatic rings. The zero-order valence-corrected chi connectivity index (χ0v) is 20.4. The fraction of sp³-hybridized carbons (Fsp3) is 0.276. The molecule has 184 valence electrons. The molecule has 1 saturated heterocycles. The van der Waals surface area contributed by atoms with Gasteiger partial charge in [-0.15, -0.1) is 0 Å². The summed E-state index contributed by atoms with van der Waals surface area (Å²) in [6.07, 6.45) is 1.51. The molecule has 2 atom stereocenters. The van der Waals surface area contributed by atoms with Crippen LogP contribution >= 0.6 is 0 Å². The predicted molar refractivity (Wildman–Crippen MR) is 137 cm³/mol. The molecule has 0 saturated carbocycles. The van der Waals surface area contributed by atoms with Gasteiger partial charge in [0, 0.05) is 12.1 Å². The molecule has 0 spiro atoms. The van der Waals surface area contributed by atoms with Gasteiger partial charge >= 0.3 is 0 Å². The minimum Gasteiger partial charge on any atom is -0.497 e. The molecule has 3 aromatic rings. The molecular weight excluding hydrogens is 454 g/mol. The van der Waals surface area contributed by atoms with Crippen molar-refractivity contribution >= 4 is 23.4 Å². The molecule has 3 aromatic carbocycles. The van der Waals surface area contributed by atoms with E-state index in [1.807, 2.05) is 61.5 Å². The molecule has 36 heavy (non-hydrogen) atoms. The highest BCUT2D eigenvalue weighted by Gasteiger charge is 2.41. The number of anilines is 1. The van der Waals surface area contributed by atoms with E-state index in [0.717, 1.165) is 23.3 Å². The number of methoxy groups -OCH3 is 1. The molecule has 0 aromatic heterocycles. The lowest BCUT2D eigenvalue weighted by Crippen LogP contribution is -2.44. The lowest BCUT2D eigenvalue weighted by Gasteiger charge is -2.26. The average Bonchev–Trinajstić information content (AvgIpc) is 3.39. The monoisotopic (exact) mass is 483 g/mol. The van der Waals surface area contributed by atoms with Crippen LogP contribution in [0.15, 0.2) is 72.8 Å². The van der Waals surface area contributed by atoms with Gasteiger partial charge in [-0.3, -0.25) is 14.4 Å². The smallest absolute Gasteiger partial charge is 0.256 e. The highest BCUT2D eigenvalue weighted by Crippen LogP contribution is 2.33. The van der Waals surface area contributed by atoms with E-state index in [4.69, 9.17) is 4.74 Å². The first-order valence-corrected chi connectivity index (χ1v) is 12.2. The summed E-state index contributed by atoms with van der Waals surface area (Å²) in [6.45, 7) is 2.87. The van der Waals surface area contributed by atoms with Crippen LogP contribution in [0.4, 0.5) is 5.69 Å². The van der Waals surface area contributed by atoms with Gasteiger partial charge in [0.05, 0.1) is 30.9 Å². The van der Waals surface area contributed by atoms with Gasteiger partial charge in [-0.05, 0) is 67.3 Å². The lowest BCUT2D eigenvalue weighted by atomic mass is 10.1. The van der Waals surface area contributed by atoms with Gasteiger partial charge in [0.2, 0.25) is 5.91 Å². The Morgan fingerprint density at radius 2 is 1.75 bits per heavy atom. The minimum atomic E-state index is -0.422. The first-order valence-electron chi connectivity index (χ1n) is 12.2. The van der Waals surface area contributed by atoms with Crippen LogP contribution < -0.4 is 15.0 Å². The predicted octanol–water partition coefficient (Wildman–Crippen LogP) is 4.34. The molecule has 7 heteroatoms. The normalized spacial score (nSPS) is 17.8. The topological polar surface area (TPSA) is 79.0 Å². The van der Waals surface area contributed by atoms with Crippen LogP contribution in [-0.2, 0) is 11.3 Å². The number of nitrogens with zero attached hydrogens (tertiary/aromatic N) is 2. The van der Waals surface area contributed by atoms with Crippen molar-refractivity contribution in [1.29, 1.82) is 0 Å². The lowest BCUT2D eigenvalue weighted by molar-refractivity contribution is -0.122. The molecule has 2 aliphatic heterocycles. The SMILES string of the molecule is COc1ccc([C@H](C)NC(=O)c2ccc(CN3C(=O)[C@@H]4CCCN4C(=O)c4ccccc43)cc2)cc1. The number of carbonyl (C=O) groups is 3. The molecule has 2 heterocycles. The Hall–Kier alpha value is -4.13.